The summed E-state index contributed by atoms with van der Waals surface area (Å²) in [6.45, 7) is 10.3. The van der Waals surface area contributed by atoms with Gasteiger partial charge < -0.3 is 25.5 Å². The summed E-state index contributed by atoms with van der Waals surface area (Å²) in [5.41, 5.74) is 1.74. The SMILES string of the molecule is CC(O)CC(C)(C)CNC(=O)Nc1ccccc1N1CCN(C)CC1. The fraction of sp³-hybridized carbons (Fsp3) is 0.632. The average Bonchev–Trinajstić information content (AvgIpc) is 2.53. The number of urea groups is 1. The molecule has 25 heavy (non-hydrogen) atoms. The molecule has 1 aromatic rings. The molecule has 1 atom stereocenters. The van der Waals surface area contributed by atoms with Crippen LogP contribution in [0.1, 0.15) is 27.2 Å². The van der Waals surface area contributed by atoms with E-state index in [0.29, 0.717) is 13.0 Å². The quantitative estimate of drug-likeness (QED) is 0.738. The molecule has 0 saturated carbocycles. The van der Waals surface area contributed by atoms with Crippen LogP contribution in [-0.4, -0.2) is 61.9 Å². The summed E-state index contributed by atoms with van der Waals surface area (Å²) >= 11 is 0. The molecule has 1 aromatic carbocycles. The first-order valence-corrected chi connectivity index (χ1v) is 9.02. The zero-order chi connectivity index (χ0) is 18.4. The number of amides is 2. The fourth-order valence-electron chi connectivity index (χ4n) is 3.26. The number of hydrogen-bond acceptors (Lipinski definition) is 4. The molecule has 1 aliphatic rings. The number of anilines is 2. The van der Waals surface area contributed by atoms with Crippen molar-refractivity contribution in [3.8, 4) is 0 Å². The fourth-order valence-corrected chi connectivity index (χ4v) is 3.26. The van der Waals surface area contributed by atoms with E-state index in [1.54, 1.807) is 6.92 Å². The number of hydrogen-bond donors (Lipinski definition) is 3. The monoisotopic (exact) mass is 348 g/mol. The van der Waals surface area contributed by atoms with Crippen LogP contribution in [0.3, 0.4) is 0 Å². The third-order valence-corrected chi connectivity index (χ3v) is 4.57. The lowest BCUT2D eigenvalue weighted by atomic mass is 9.87. The van der Waals surface area contributed by atoms with Gasteiger partial charge in [-0.3, -0.25) is 0 Å². The summed E-state index contributed by atoms with van der Waals surface area (Å²) in [6.07, 6.45) is 0.267. The second-order valence-electron chi connectivity index (χ2n) is 7.83. The van der Waals surface area contributed by atoms with E-state index in [1.165, 1.54) is 0 Å². The Morgan fingerprint density at radius 2 is 1.88 bits per heavy atom. The van der Waals surface area contributed by atoms with Crippen LogP contribution in [0.15, 0.2) is 24.3 Å². The zero-order valence-electron chi connectivity index (χ0n) is 15.9. The maximum Gasteiger partial charge on any atom is 0.319 e. The Balaban J connectivity index is 1.95. The van der Waals surface area contributed by atoms with Crippen LogP contribution in [-0.2, 0) is 0 Å². The molecule has 6 nitrogen and oxygen atoms in total. The van der Waals surface area contributed by atoms with E-state index in [9.17, 15) is 9.90 Å². The summed E-state index contributed by atoms with van der Waals surface area (Å²) in [7, 11) is 2.13. The van der Waals surface area contributed by atoms with Crippen molar-refractivity contribution in [2.45, 2.75) is 33.3 Å². The molecule has 1 heterocycles. The number of aliphatic hydroxyl groups is 1. The third kappa shape index (κ3) is 6.21. The highest BCUT2D eigenvalue weighted by atomic mass is 16.3. The van der Waals surface area contributed by atoms with Gasteiger partial charge in [-0.25, -0.2) is 4.79 Å². The van der Waals surface area contributed by atoms with Crippen molar-refractivity contribution in [2.24, 2.45) is 5.41 Å². The van der Waals surface area contributed by atoms with Crippen molar-refractivity contribution in [3.05, 3.63) is 24.3 Å². The van der Waals surface area contributed by atoms with E-state index < -0.39 is 0 Å². The van der Waals surface area contributed by atoms with Gasteiger partial charge in [0.1, 0.15) is 0 Å². The van der Waals surface area contributed by atoms with Gasteiger partial charge in [-0.1, -0.05) is 26.0 Å². The van der Waals surface area contributed by atoms with Crippen molar-refractivity contribution in [3.63, 3.8) is 0 Å². The molecule has 0 aromatic heterocycles. The predicted octanol–water partition coefficient (Wildman–Crippen LogP) is 2.36. The highest BCUT2D eigenvalue weighted by Gasteiger charge is 2.22. The molecule has 6 heteroatoms. The van der Waals surface area contributed by atoms with Gasteiger partial charge in [-0.15, -0.1) is 0 Å². The Kier molecular flexibility index (Phi) is 6.67. The maximum absolute atomic E-state index is 12.3. The number of piperazine rings is 1. The molecule has 1 unspecified atom stereocenters. The standard InChI is InChI=1S/C19H32N4O2/c1-15(24)13-19(2,3)14-20-18(25)21-16-7-5-6-8-17(16)23-11-9-22(4)10-12-23/h5-8,15,24H,9-14H2,1-4H3,(H2,20,21,25). The van der Waals surface area contributed by atoms with Crippen molar-refractivity contribution in [1.29, 1.82) is 0 Å². The van der Waals surface area contributed by atoms with Crippen LogP contribution in [0.4, 0.5) is 16.2 Å². The number of nitrogens with zero attached hydrogens (tertiary/aromatic N) is 2. The first-order chi connectivity index (χ1) is 11.8. The van der Waals surface area contributed by atoms with Gasteiger partial charge in [0.25, 0.3) is 0 Å². The molecule has 1 saturated heterocycles. The van der Waals surface area contributed by atoms with E-state index in [-0.39, 0.29) is 17.6 Å². The van der Waals surface area contributed by atoms with Gasteiger partial charge in [-0.05, 0) is 37.9 Å². The van der Waals surface area contributed by atoms with Gasteiger partial charge in [0.05, 0.1) is 17.5 Å². The minimum Gasteiger partial charge on any atom is -0.393 e. The Morgan fingerprint density at radius 1 is 1.24 bits per heavy atom. The topological polar surface area (TPSA) is 67.8 Å². The lowest BCUT2D eigenvalue weighted by Crippen LogP contribution is -2.45. The summed E-state index contributed by atoms with van der Waals surface area (Å²) in [5, 5.41) is 15.5. The Bertz CT molecular complexity index is 566. The maximum atomic E-state index is 12.3. The van der Waals surface area contributed by atoms with Gasteiger partial charge in [-0.2, -0.15) is 0 Å². The molecular weight excluding hydrogens is 316 g/mol. The summed E-state index contributed by atoms with van der Waals surface area (Å²) < 4.78 is 0. The summed E-state index contributed by atoms with van der Waals surface area (Å²) in [4.78, 5) is 16.9. The molecule has 0 radical (unpaired) electrons. The molecule has 140 valence electrons. The smallest absolute Gasteiger partial charge is 0.319 e. The van der Waals surface area contributed by atoms with Crippen molar-refractivity contribution in [2.75, 3.05) is 50.0 Å². The van der Waals surface area contributed by atoms with Gasteiger partial charge in [0.15, 0.2) is 0 Å². The minimum atomic E-state index is -0.377. The molecule has 3 N–H and O–H groups in total. The zero-order valence-corrected chi connectivity index (χ0v) is 15.9. The highest BCUT2D eigenvalue weighted by Crippen LogP contribution is 2.26. The lowest BCUT2D eigenvalue weighted by molar-refractivity contribution is 0.129. The van der Waals surface area contributed by atoms with E-state index in [1.807, 2.05) is 32.0 Å². The number of aliphatic hydroxyl groups excluding tert-OH is 1. The number of likely N-dealkylation sites (N-methyl/N-ethyl adjacent to an activating group) is 1. The van der Waals surface area contributed by atoms with Gasteiger partial charge in [0, 0.05) is 32.7 Å². The first-order valence-electron chi connectivity index (χ1n) is 9.02. The molecular formula is C19H32N4O2. The molecule has 2 amide bonds. The number of benzene rings is 1. The molecule has 0 spiro atoms. The normalized spacial score (nSPS) is 17.2. The molecule has 0 bridgehead atoms. The highest BCUT2D eigenvalue weighted by molar-refractivity contribution is 5.93. The number of rotatable bonds is 6. The van der Waals surface area contributed by atoms with Crippen LogP contribution >= 0.6 is 0 Å². The second kappa shape index (κ2) is 8.54. The lowest BCUT2D eigenvalue weighted by Gasteiger charge is -2.35. The summed E-state index contributed by atoms with van der Waals surface area (Å²) in [5.74, 6) is 0. The van der Waals surface area contributed by atoms with Crippen LogP contribution in [0.25, 0.3) is 0 Å². The average molecular weight is 348 g/mol. The number of para-hydroxylation sites is 2. The molecule has 1 fully saturated rings. The van der Waals surface area contributed by atoms with E-state index in [2.05, 4.69) is 33.5 Å². The number of carbonyl (C=O) groups is 1. The Labute approximate surface area is 151 Å². The van der Waals surface area contributed by atoms with E-state index >= 15 is 0 Å². The predicted molar refractivity (Wildman–Crippen MR) is 103 cm³/mol. The third-order valence-electron chi connectivity index (χ3n) is 4.57. The van der Waals surface area contributed by atoms with Crippen molar-refractivity contribution >= 4 is 17.4 Å². The van der Waals surface area contributed by atoms with Crippen molar-refractivity contribution < 1.29 is 9.90 Å². The van der Waals surface area contributed by atoms with Crippen LogP contribution in [0.5, 0.6) is 0 Å². The summed E-state index contributed by atoms with van der Waals surface area (Å²) in [6, 6.07) is 7.72. The number of nitrogens with one attached hydrogen (secondary N) is 2. The number of carbonyl (C=O) groups excluding carboxylic acids is 1. The van der Waals surface area contributed by atoms with Crippen LogP contribution in [0, 0.1) is 5.41 Å². The van der Waals surface area contributed by atoms with Crippen LogP contribution < -0.4 is 15.5 Å². The van der Waals surface area contributed by atoms with Gasteiger partial charge >= 0.3 is 6.03 Å². The largest absolute Gasteiger partial charge is 0.393 e. The molecule has 1 aliphatic heterocycles. The van der Waals surface area contributed by atoms with Crippen molar-refractivity contribution in [1.82, 2.24) is 10.2 Å². The second-order valence-corrected chi connectivity index (χ2v) is 7.83. The molecule has 0 aliphatic carbocycles. The Hall–Kier alpha value is -1.79. The van der Waals surface area contributed by atoms with E-state index in [4.69, 9.17) is 0 Å². The molecule has 2 rings (SSSR count). The Morgan fingerprint density at radius 3 is 2.52 bits per heavy atom. The van der Waals surface area contributed by atoms with Crippen LogP contribution in [0.2, 0.25) is 0 Å². The minimum absolute atomic E-state index is 0.150. The van der Waals surface area contributed by atoms with E-state index in [0.717, 1.165) is 37.6 Å². The van der Waals surface area contributed by atoms with Gasteiger partial charge in [0.2, 0.25) is 0 Å². The first kappa shape index (κ1) is 19.5.